The van der Waals surface area contributed by atoms with Gasteiger partial charge in [0.15, 0.2) is 0 Å². The highest BCUT2D eigenvalue weighted by molar-refractivity contribution is 8.03. The van der Waals surface area contributed by atoms with E-state index in [1.807, 2.05) is 5.40 Å². The molecule has 4 nitrogen and oxygen atoms in total. The molecular formula is C8H7N3OS. The number of rotatable bonds is 2. The third-order valence-electron chi connectivity index (χ3n) is 1.29. The Balaban J connectivity index is 2.70. The van der Waals surface area contributed by atoms with Gasteiger partial charge in [0.2, 0.25) is 0 Å². The van der Waals surface area contributed by atoms with Gasteiger partial charge in [0.25, 0.3) is 0 Å². The van der Waals surface area contributed by atoms with Crippen LogP contribution in [-0.2, 0) is 0 Å². The molecule has 0 atom stereocenters. The van der Waals surface area contributed by atoms with Gasteiger partial charge in [-0.25, -0.2) is 4.79 Å². The standard InChI is InChI=1S/C8H7N3OS/c9-5-13-7-3-1-6(2-4-7)11-8(10)12/h1-4H,(H3,10,11,12). The fraction of sp³-hybridized carbons (Fsp3) is 0. The summed E-state index contributed by atoms with van der Waals surface area (Å²) < 4.78 is 0. The van der Waals surface area contributed by atoms with Crippen LogP contribution in [0.1, 0.15) is 0 Å². The number of urea groups is 1. The van der Waals surface area contributed by atoms with Crippen LogP contribution in [0, 0.1) is 10.7 Å². The topological polar surface area (TPSA) is 78.9 Å². The Morgan fingerprint density at radius 1 is 1.46 bits per heavy atom. The molecule has 0 aliphatic rings. The van der Waals surface area contributed by atoms with Gasteiger partial charge in [0.05, 0.1) is 0 Å². The lowest BCUT2D eigenvalue weighted by Gasteiger charge is -2.00. The predicted molar refractivity (Wildman–Crippen MR) is 51.1 cm³/mol. The second-order valence-electron chi connectivity index (χ2n) is 2.21. The molecule has 0 saturated heterocycles. The van der Waals surface area contributed by atoms with Gasteiger partial charge in [-0.1, -0.05) is 0 Å². The fourth-order valence-electron chi connectivity index (χ4n) is 0.801. The minimum absolute atomic E-state index is 0.597. The number of thioether (sulfide) groups is 1. The maximum absolute atomic E-state index is 10.4. The number of thiocyanates is 1. The largest absolute Gasteiger partial charge is 0.351 e. The maximum atomic E-state index is 10.4. The lowest BCUT2D eigenvalue weighted by molar-refractivity contribution is 0.259. The van der Waals surface area contributed by atoms with E-state index in [0.717, 1.165) is 16.7 Å². The molecule has 1 aromatic rings. The molecule has 5 heteroatoms. The first-order chi connectivity index (χ1) is 6.22. The third kappa shape index (κ3) is 3.05. The normalized spacial score (nSPS) is 8.85. The first-order valence-electron chi connectivity index (χ1n) is 3.45. The molecular weight excluding hydrogens is 186 g/mol. The SMILES string of the molecule is N#CSc1ccc(NC(N)=O)cc1. The minimum Gasteiger partial charge on any atom is -0.351 e. The maximum Gasteiger partial charge on any atom is 0.316 e. The molecule has 0 spiro atoms. The molecule has 2 amide bonds. The average molecular weight is 193 g/mol. The lowest BCUT2D eigenvalue weighted by Crippen LogP contribution is -2.19. The number of nitrogens with two attached hydrogens (primary N) is 1. The number of primary amides is 1. The third-order valence-corrected chi connectivity index (χ3v) is 1.88. The molecule has 0 fully saturated rings. The smallest absolute Gasteiger partial charge is 0.316 e. The number of nitrogens with zero attached hydrogens (tertiary/aromatic N) is 1. The quantitative estimate of drug-likeness (QED) is 0.554. The van der Waals surface area contributed by atoms with Crippen LogP contribution in [0.4, 0.5) is 10.5 Å². The Labute approximate surface area is 79.7 Å². The number of hydrogen-bond acceptors (Lipinski definition) is 3. The predicted octanol–water partition coefficient (Wildman–Crippen LogP) is 1.75. The van der Waals surface area contributed by atoms with E-state index in [1.54, 1.807) is 24.3 Å². The molecule has 0 saturated carbocycles. The van der Waals surface area contributed by atoms with Gasteiger partial charge in [-0.2, -0.15) is 5.26 Å². The molecule has 0 aliphatic carbocycles. The minimum atomic E-state index is -0.597. The monoisotopic (exact) mass is 193 g/mol. The molecule has 1 rings (SSSR count). The van der Waals surface area contributed by atoms with Crippen molar-refractivity contribution in [2.24, 2.45) is 5.73 Å². The van der Waals surface area contributed by atoms with Gasteiger partial charge < -0.3 is 11.1 Å². The molecule has 0 bridgehead atoms. The Bertz CT molecular complexity index is 341. The van der Waals surface area contributed by atoms with E-state index >= 15 is 0 Å². The Morgan fingerprint density at radius 2 is 2.08 bits per heavy atom. The second kappa shape index (κ2) is 4.38. The van der Waals surface area contributed by atoms with Crippen molar-refractivity contribution in [1.82, 2.24) is 0 Å². The summed E-state index contributed by atoms with van der Waals surface area (Å²) >= 11 is 1.06. The van der Waals surface area contributed by atoms with Crippen molar-refractivity contribution >= 4 is 23.5 Å². The van der Waals surface area contributed by atoms with Gasteiger partial charge in [-0.15, -0.1) is 0 Å². The van der Waals surface area contributed by atoms with Crippen LogP contribution >= 0.6 is 11.8 Å². The van der Waals surface area contributed by atoms with Gasteiger partial charge in [0.1, 0.15) is 5.40 Å². The Kier molecular flexibility index (Phi) is 3.17. The average Bonchev–Trinajstić information content (AvgIpc) is 2.08. The van der Waals surface area contributed by atoms with Crippen molar-refractivity contribution in [3.8, 4) is 5.40 Å². The summed E-state index contributed by atoms with van der Waals surface area (Å²) in [5.41, 5.74) is 5.53. The van der Waals surface area contributed by atoms with Crippen LogP contribution in [0.3, 0.4) is 0 Å². The Hall–Kier alpha value is -1.67. The summed E-state index contributed by atoms with van der Waals surface area (Å²) in [5, 5.41) is 12.7. The number of benzene rings is 1. The van der Waals surface area contributed by atoms with Crippen LogP contribution < -0.4 is 11.1 Å². The number of carbonyl (C=O) groups is 1. The summed E-state index contributed by atoms with van der Waals surface area (Å²) in [4.78, 5) is 11.3. The molecule has 13 heavy (non-hydrogen) atoms. The fourth-order valence-corrected chi connectivity index (χ4v) is 1.18. The van der Waals surface area contributed by atoms with Crippen LogP contribution in [0.25, 0.3) is 0 Å². The number of nitriles is 1. The molecule has 0 radical (unpaired) electrons. The molecule has 0 heterocycles. The van der Waals surface area contributed by atoms with Gasteiger partial charge in [-0.3, -0.25) is 0 Å². The number of carbonyl (C=O) groups excluding carboxylic acids is 1. The van der Waals surface area contributed by atoms with Gasteiger partial charge in [-0.05, 0) is 36.0 Å². The molecule has 1 aromatic carbocycles. The van der Waals surface area contributed by atoms with E-state index in [-0.39, 0.29) is 0 Å². The van der Waals surface area contributed by atoms with Crippen LogP contribution in [0.15, 0.2) is 29.2 Å². The van der Waals surface area contributed by atoms with Crippen LogP contribution in [-0.4, -0.2) is 6.03 Å². The summed E-state index contributed by atoms with van der Waals surface area (Å²) in [6, 6.07) is 6.24. The molecule has 0 aromatic heterocycles. The zero-order valence-corrected chi connectivity index (χ0v) is 7.47. The van der Waals surface area contributed by atoms with Crippen molar-refractivity contribution in [2.75, 3.05) is 5.32 Å². The van der Waals surface area contributed by atoms with Gasteiger partial charge in [0, 0.05) is 10.6 Å². The second-order valence-corrected chi connectivity index (χ2v) is 3.07. The van der Waals surface area contributed by atoms with Crippen molar-refractivity contribution in [1.29, 1.82) is 5.26 Å². The van der Waals surface area contributed by atoms with Gasteiger partial charge >= 0.3 is 6.03 Å². The molecule has 0 aliphatic heterocycles. The zero-order chi connectivity index (χ0) is 9.68. The van der Waals surface area contributed by atoms with Crippen LogP contribution in [0.2, 0.25) is 0 Å². The summed E-state index contributed by atoms with van der Waals surface area (Å²) in [7, 11) is 0. The lowest BCUT2D eigenvalue weighted by atomic mass is 10.3. The number of nitrogens with one attached hydrogen (secondary N) is 1. The summed E-state index contributed by atoms with van der Waals surface area (Å²) in [5.74, 6) is 0. The van der Waals surface area contributed by atoms with Crippen molar-refractivity contribution in [3.63, 3.8) is 0 Å². The molecule has 66 valence electrons. The van der Waals surface area contributed by atoms with E-state index in [2.05, 4.69) is 5.32 Å². The van der Waals surface area contributed by atoms with E-state index in [0.29, 0.717) is 5.69 Å². The van der Waals surface area contributed by atoms with Crippen LogP contribution in [0.5, 0.6) is 0 Å². The number of amides is 2. The zero-order valence-electron chi connectivity index (χ0n) is 6.65. The van der Waals surface area contributed by atoms with E-state index in [9.17, 15) is 4.79 Å². The summed E-state index contributed by atoms with van der Waals surface area (Å²) in [6.07, 6.45) is 0. The first kappa shape index (κ1) is 9.42. The first-order valence-corrected chi connectivity index (χ1v) is 4.26. The van der Waals surface area contributed by atoms with E-state index < -0.39 is 6.03 Å². The highest BCUT2D eigenvalue weighted by Gasteiger charge is 1.96. The molecule has 3 N–H and O–H groups in total. The Morgan fingerprint density at radius 3 is 2.54 bits per heavy atom. The highest BCUT2D eigenvalue weighted by atomic mass is 32.2. The van der Waals surface area contributed by atoms with Crippen molar-refractivity contribution in [3.05, 3.63) is 24.3 Å². The summed E-state index contributed by atoms with van der Waals surface area (Å²) in [6.45, 7) is 0. The van der Waals surface area contributed by atoms with Crippen molar-refractivity contribution in [2.45, 2.75) is 4.90 Å². The van der Waals surface area contributed by atoms with E-state index in [4.69, 9.17) is 11.0 Å². The highest BCUT2D eigenvalue weighted by Crippen LogP contribution is 2.18. The number of hydrogen-bond donors (Lipinski definition) is 2. The number of anilines is 1. The van der Waals surface area contributed by atoms with E-state index in [1.165, 1.54) is 0 Å². The molecule has 0 unspecified atom stereocenters. The van der Waals surface area contributed by atoms with Crippen molar-refractivity contribution < 1.29 is 4.79 Å².